The van der Waals surface area contributed by atoms with Gasteiger partial charge in [-0.15, -0.1) is 24.0 Å². The summed E-state index contributed by atoms with van der Waals surface area (Å²) in [7, 11) is 3.55. The maximum atomic E-state index is 11.6. The number of amides is 1. The van der Waals surface area contributed by atoms with Crippen LogP contribution in [-0.2, 0) is 11.3 Å². The van der Waals surface area contributed by atoms with Crippen LogP contribution in [0.4, 0.5) is 11.4 Å². The topological polar surface area (TPSA) is 72.4 Å². The maximum absolute atomic E-state index is 11.6. The standard InChI is InChI=1S/C24H32N6O2.HI/c1-25-24(29-15-13-28(14-16-29)21-5-3-4-6-22(21)32-2)27-17-19-7-9-20(10-8-19)30-12-11-26-23(31)18-30;/h3-10H,11-18H2,1-2H3,(H,25,27)(H,26,31);1H. The van der Waals surface area contributed by atoms with Crippen molar-refractivity contribution in [3.05, 3.63) is 54.1 Å². The molecule has 0 unspecified atom stereocenters. The van der Waals surface area contributed by atoms with Gasteiger partial charge in [-0.2, -0.15) is 0 Å². The van der Waals surface area contributed by atoms with Gasteiger partial charge >= 0.3 is 0 Å². The van der Waals surface area contributed by atoms with Gasteiger partial charge in [0.05, 0.1) is 19.3 Å². The molecule has 2 aliphatic heterocycles. The van der Waals surface area contributed by atoms with Crippen LogP contribution in [0.25, 0.3) is 0 Å². The first-order valence-electron chi connectivity index (χ1n) is 11.1. The number of nitrogens with zero attached hydrogens (tertiary/aromatic N) is 4. The molecule has 2 aliphatic rings. The van der Waals surface area contributed by atoms with E-state index in [0.29, 0.717) is 19.6 Å². The van der Waals surface area contributed by atoms with E-state index in [9.17, 15) is 4.79 Å². The number of anilines is 2. The number of guanidine groups is 1. The number of para-hydroxylation sites is 2. The fourth-order valence-electron chi connectivity index (χ4n) is 4.25. The molecule has 2 heterocycles. The summed E-state index contributed by atoms with van der Waals surface area (Å²) >= 11 is 0. The van der Waals surface area contributed by atoms with E-state index in [1.807, 2.05) is 19.2 Å². The van der Waals surface area contributed by atoms with E-state index in [2.05, 4.69) is 66.7 Å². The Balaban J connectivity index is 0.00000306. The Kier molecular flexibility index (Phi) is 9.04. The Hall–Kier alpha value is -2.69. The number of nitrogens with one attached hydrogen (secondary N) is 2. The van der Waals surface area contributed by atoms with Crippen LogP contribution in [0, 0.1) is 0 Å². The van der Waals surface area contributed by atoms with Crippen LogP contribution < -0.4 is 25.2 Å². The number of hydrogen-bond acceptors (Lipinski definition) is 5. The summed E-state index contributed by atoms with van der Waals surface area (Å²) in [6, 6.07) is 16.6. The number of methoxy groups -OCH3 is 1. The number of carbonyl (C=O) groups excluding carboxylic acids is 1. The van der Waals surface area contributed by atoms with E-state index < -0.39 is 0 Å². The molecule has 0 atom stereocenters. The first-order valence-corrected chi connectivity index (χ1v) is 11.1. The lowest BCUT2D eigenvalue weighted by Crippen LogP contribution is -2.52. The average Bonchev–Trinajstić information content (AvgIpc) is 2.85. The smallest absolute Gasteiger partial charge is 0.239 e. The second kappa shape index (κ2) is 12.0. The minimum absolute atomic E-state index is 0. The lowest BCUT2D eigenvalue weighted by atomic mass is 10.2. The summed E-state index contributed by atoms with van der Waals surface area (Å²) in [6.45, 7) is 6.30. The first kappa shape index (κ1) is 24.9. The van der Waals surface area contributed by atoms with Gasteiger partial charge in [-0.05, 0) is 29.8 Å². The highest BCUT2D eigenvalue weighted by molar-refractivity contribution is 14.0. The van der Waals surface area contributed by atoms with Crippen LogP contribution in [0.1, 0.15) is 5.56 Å². The van der Waals surface area contributed by atoms with E-state index in [1.165, 1.54) is 5.56 Å². The summed E-state index contributed by atoms with van der Waals surface area (Å²) in [5, 5.41) is 6.36. The van der Waals surface area contributed by atoms with Crippen molar-refractivity contribution in [2.24, 2.45) is 4.99 Å². The van der Waals surface area contributed by atoms with E-state index in [1.54, 1.807) is 7.11 Å². The summed E-state index contributed by atoms with van der Waals surface area (Å²) < 4.78 is 5.52. The van der Waals surface area contributed by atoms with Crippen LogP contribution in [0.5, 0.6) is 5.75 Å². The lowest BCUT2D eigenvalue weighted by Gasteiger charge is -2.38. The normalized spacial score (nSPS) is 16.7. The van der Waals surface area contributed by atoms with Gasteiger partial charge in [0.15, 0.2) is 5.96 Å². The van der Waals surface area contributed by atoms with E-state index >= 15 is 0 Å². The number of piperazine rings is 2. The predicted octanol–water partition coefficient (Wildman–Crippen LogP) is 2.15. The fourth-order valence-corrected chi connectivity index (χ4v) is 4.25. The highest BCUT2D eigenvalue weighted by Gasteiger charge is 2.21. The van der Waals surface area contributed by atoms with Crippen LogP contribution in [0.15, 0.2) is 53.5 Å². The monoisotopic (exact) mass is 564 g/mol. The molecule has 2 aromatic rings. The third kappa shape index (κ3) is 6.21. The molecule has 0 aliphatic carbocycles. The second-order valence-electron chi connectivity index (χ2n) is 7.98. The number of halogens is 1. The molecular weight excluding hydrogens is 531 g/mol. The van der Waals surface area contributed by atoms with Crippen LogP contribution in [0.2, 0.25) is 0 Å². The van der Waals surface area contributed by atoms with Gasteiger partial charge in [0.25, 0.3) is 0 Å². The van der Waals surface area contributed by atoms with Crippen LogP contribution in [-0.4, -0.2) is 76.7 Å². The van der Waals surface area contributed by atoms with Crippen molar-refractivity contribution in [2.75, 3.05) is 69.8 Å². The summed E-state index contributed by atoms with van der Waals surface area (Å²) in [5.74, 6) is 1.91. The Morgan fingerprint density at radius 3 is 2.42 bits per heavy atom. The Bertz CT molecular complexity index is 944. The van der Waals surface area contributed by atoms with Gasteiger partial charge in [0.1, 0.15) is 5.75 Å². The van der Waals surface area contributed by atoms with Gasteiger partial charge in [0.2, 0.25) is 5.91 Å². The molecule has 0 aromatic heterocycles. The zero-order chi connectivity index (χ0) is 22.3. The fraction of sp³-hybridized carbons (Fsp3) is 0.417. The Morgan fingerprint density at radius 2 is 1.76 bits per heavy atom. The molecule has 8 nitrogen and oxygen atoms in total. The zero-order valence-corrected chi connectivity index (χ0v) is 21.6. The van der Waals surface area contributed by atoms with Crippen molar-refractivity contribution in [3.8, 4) is 5.75 Å². The molecule has 4 rings (SSSR count). The van der Waals surface area contributed by atoms with Gasteiger partial charge in [0, 0.05) is 58.5 Å². The minimum atomic E-state index is 0. The highest BCUT2D eigenvalue weighted by Crippen LogP contribution is 2.28. The van der Waals surface area contributed by atoms with Crippen LogP contribution in [0.3, 0.4) is 0 Å². The van der Waals surface area contributed by atoms with Gasteiger partial charge < -0.3 is 30.1 Å². The van der Waals surface area contributed by atoms with Gasteiger partial charge in [-0.25, -0.2) is 0 Å². The molecule has 2 saturated heterocycles. The Morgan fingerprint density at radius 1 is 1.03 bits per heavy atom. The molecule has 178 valence electrons. The average molecular weight is 564 g/mol. The lowest BCUT2D eigenvalue weighted by molar-refractivity contribution is -0.120. The highest BCUT2D eigenvalue weighted by atomic mass is 127. The minimum Gasteiger partial charge on any atom is -0.495 e. The molecule has 33 heavy (non-hydrogen) atoms. The first-order chi connectivity index (χ1) is 15.7. The molecular formula is C24H33IN6O2. The summed E-state index contributed by atoms with van der Waals surface area (Å²) in [5.41, 5.74) is 3.41. The van der Waals surface area contributed by atoms with E-state index in [-0.39, 0.29) is 29.9 Å². The maximum Gasteiger partial charge on any atom is 0.239 e. The molecule has 0 spiro atoms. The molecule has 0 saturated carbocycles. The van der Waals surface area contributed by atoms with Crippen LogP contribution >= 0.6 is 24.0 Å². The van der Waals surface area contributed by atoms with E-state index in [4.69, 9.17) is 4.74 Å². The number of benzene rings is 2. The molecule has 1 amide bonds. The molecule has 2 fully saturated rings. The number of carbonyl (C=O) groups is 1. The third-order valence-electron chi connectivity index (χ3n) is 6.01. The van der Waals surface area contributed by atoms with Crippen molar-refractivity contribution in [2.45, 2.75) is 6.54 Å². The van der Waals surface area contributed by atoms with Gasteiger partial charge in [-0.1, -0.05) is 24.3 Å². The molecule has 2 N–H and O–H groups in total. The van der Waals surface area contributed by atoms with Crippen molar-refractivity contribution in [1.29, 1.82) is 0 Å². The van der Waals surface area contributed by atoms with Crippen molar-refractivity contribution < 1.29 is 9.53 Å². The van der Waals surface area contributed by atoms with Crippen molar-refractivity contribution >= 4 is 47.2 Å². The second-order valence-corrected chi connectivity index (χ2v) is 7.98. The molecule has 9 heteroatoms. The number of ether oxygens (including phenoxy) is 1. The predicted molar refractivity (Wildman–Crippen MR) is 144 cm³/mol. The number of hydrogen-bond donors (Lipinski definition) is 2. The third-order valence-corrected chi connectivity index (χ3v) is 6.01. The zero-order valence-electron chi connectivity index (χ0n) is 19.3. The summed E-state index contributed by atoms with van der Waals surface area (Å²) in [4.78, 5) is 22.9. The molecule has 0 bridgehead atoms. The van der Waals surface area contributed by atoms with E-state index in [0.717, 1.165) is 55.8 Å². The number of rotatable bonds is 5. The molecule has 2 aromatic carbocycles. The molecule has 0 radical (unpaired) electrons. The summed E-state index contributed by atoms with van der Waals surface area (Å²) in [6.07, 6.45) is 0. The number of aliphatic imine (C=N–C) groups is 1. The van der Waals surface area contributed by atoms with Crippen molar-refractivity contribution in [3.63, 3.8) is 0 Å². The largest absolute Gasteiger partial charge is 0.495 e. The SMILES string of the molecule is CN=C(NCc1ccc(N2CCNC(=O)C2)cc1)N1CCN(c2ccccc2OC)CC1.I. The van der Waals surface area contributed by atoms with Crippen molar-refractivity contribution in [1.82, 2.24) is 15.5 Å². The van der Waals surface area contributed by atoms with Gasteiger partial charge in [-0.3, -0.25) is 9.79 Å². The quantitative estimate of drug-likeness (QED) is 0.330. The Labute approximate surface area is 213 Å².